The molecule has 1 amide bonds. The van der Waals surface area contributed by atoms with E-state index < -0.39 is 12.0 Å². The number of thiol groups is 1. The van der Waals surface area contributed by atoms with Gasteiger partial charge in [-0.1, -0.05) is 0 Å². The Morgan fingerprint density at radius 2 is 2.09 bits per heavy atom. The van der Waals surface area contributed by atoms with Crippen LogP contribution in [0.25, 0.3) is 0 Å². The molecule has 6 heteroatoms. The normalized spacial score (nSPS) is 11.1. The van der Waals surface area contributed by atoms with Crippen molar-refractivity contribution in [1.82, 2.24) is 5.32 Å². The van der Waals surface area contributed by atoms with Crippen LogP contribution >= 0.6 is 12.6 Å². The molecule has 0 aliphatic carbocycles. The summed E-state index contributed by atoms with van der Waals surface area (Å²) >= 11 is 3.73. The first-order valence-corrected chi connectivity index (χ1v) is 3.32. The van der Waals surface area contributed by atoms with Gasteiger partial charge in [0, 0.05) is 29.7 Å². The fourth-order valence-corrected chi connectivity index (χ4v) is 0.678. The van der Waals surface area contributed by atoms with Crippen molar-refractivity contribution in [2.24, 2.45) is 0 Å². The van der Waals surface area contributed by atoms with E-state index in [0.29, 0.717) is 0 Å². The molecule has 0 rings (SSSR count). The van der Waals surface area contributed by atoms with E-state index in [4.69, 9.17) is 5.11 Å². The molecule has 2 N–H and O–H groups in total. The molecule has 66 valence electrons. The predicted molar refractivity (Wildman–Crippen MR) is 39.1 cm³/mol. The van der Waals surface area contributed by atoms with Crippen LogP contribution in [-0.2, 0) is 26.7 Å². The summed E-state index contributed by atoms with van der Waals surface area (Å²) < 4.78 is 0. The fraction of sp³-hybridized carbons (Fsp3) is 0.600. The van der Waals surface area contributed by atoms with Crippen molar-refractivity contribution < 1.29 is 31.8 Å². The third kappa shape index (κ3) is 6.22. The number of amides is 1. The Labute approximate surface area is 80.6 Å². The van der Waals surface area contributed by atoms with E-state index in [1.165, 1.54) is 6.92 Å². The van der Waals surface area contributed by atoms with E-state index in [1.54, 1.807) is 0 Å². The van der Waals surface area contributed by atoms with Crippen LogP contribution in [-0.4, -0.2) is 28.8 Å². The number of carboxylic acid groups (broad SMARTS) is 1. The summed E-state index contributed by atoms with van der Waals surface area (Å²) in [5.74, 6) is -1.32. The maximum atomic E-state index is 10.3. The Hall–Kier alpha value is -0.191. The second-order valence-corrected chi connectivity index (χ2v) is 2.14. The largest absolute Gasteiger partial charge is 0.480 e. The van der Waals surface area contributed by atoms with Crippen molar-refractivity contribution in [2.75, 3.05) is 5.75 Å². The van der Waals surface area contributed by atoms with Gasteiger partial charge in [0.05, 0.1) is 0 Å². The third-order valence-corrected chi connectivity index (χ3v) is 1.22. The Morgan fingerprint density at radius 1 is 1.64 bits per heavy atom. The van der Waals surface area contributed by atoms with Crippen LogP contribution < -0.4 is 5.32 Å². The summed E-state index contributed by atoms with van der Waals surface area (Å²) in [6.45, 7) is 1.26. The number of hydrogen-bond donors (Lipinski definition) is 3. The van der Waals surface area contributed by atoms with E-state index in [1.807, 2.05) is 0 Å². The van der Waals surface area contributed by atoms with Gasteiger partial charge in [-0.05, 0) is 0 Å². The van der Waals surface area contributed by atoms with Crippen molar-refractivity contribution in [3.63, 3.8) is 0 Å². The predicted octanol–water partition coefficient (Wildman–Crippen LogP) is -0.497. The molecule has 1 atom stereocenters. The van der Waals surface area contributed by atoms with Gasteiger partial charge in [-0.25, -0.2) is 4.79 Å². The Bertz CT molecular complexity index is 153. The number of aliphatic carboxylic acids is 1. The van der Waals surface area contributed by atoms with E-state index in [2.05, 4.69) is 17.9 Å². The zero-order chi connectivity index (χ0) is 8.15. The first-order valence-electron chi connectivity index (χ1n) is 2.68. The van der Waals surface area contributed by atoms with Crippen molar-refractivity contribution in [1.29, 1.82) is 0 Å². The number of carboxylic acids is 1. The molecule has 0 spiro atoms. The van der Waals surface area contributed by atoms with Gasteiger partial charge in [0.1, 0.15) is 6.04 Å². The number of nitrogens with one attached hydrogen (secondary N) is 1. The Balaban J connectivity index is 0. The summed E-state index contributed by atoms with van der Waals surface area (Å²) in [6.07, 6.45) is 0. The number of carbonyl (C=O) groups excluding carboxylic acids is 1. The van der Waals surface area contributed by atoms with Gasteiger partial charge in [-0.2, -0.15) is 12.6 Å². The quantitative estimate of drug-likeness (QED) is 0.443. The first-order chi connectivity index (χ1) is 4.57. The molecule has 0 saturated carbocycles. The van der Waals surface area contributed by atoms with Crippen molar-refractivity contribution in [3.05, 3.63) is 0 Å². The smallest absolute Gasteiger partial charge is 0.327 e. The maximum absolute atomic E-state index is 10.3. The first kappa shape index (κ1) is 13.4. The monoisotopic (exact) mass is 219 g/mol. The molecule has 0 radical (unpaired) electrons. The van der Waals surface area contributed by atoms with E-state index in [-0.39, 0.29) is 28.7 Å². The topological polar surface area (TPSA) is 66.4 Å². The van der Waals surface area contributed by atoms with Gasteiger partial charge in [0.2, 0.25) is 5.91 Å². The minimum Gasteiger partial charge on any atom is -0.480 e. The van der Waals surface area contributed by atoms with Crippen molar-refractivity contribution in [2.45, 2.75) is 13.0 Å². The van der Waals surface area contributed by atoms with E-state index in [0.717, 1.165) is 0 Å². The van der Waals surface area contributed by atoms with Crippen molar-refractivity contribution in [3.8, 4) is 0 Å². The summed E-state index contributed by atoms with van der Waals surface area (Å²) in [5, 5.41) is 10.6. The van der Waals surface area contributed by atoms with Crippen LogP contribution in [0, 0.1) is 0 Å². The van der Waals surface area contributed by atoms with E-state index in [9.17, 15) is 9.59 Å². The number of carbonyl (C=O) groups is 2. The van der Waals surface area contributed by atoms with Crippen LogP contribution in [0.3, 0.4) is 0 Å². The minimum atomic E-state index is -1.06. The van der Waals surface area contributed by atoms with Crippen LogP contribution in [0.4, 0.5) is 0 Å². The Morgan fingerprint density at radius 3 is 2.18 bits per heavy atom. The zero-order valence-corrected chi connectivity index (χ0v) is 7.85. The molecule has 0 aromatic carbocycles. The molecule has 0 saturated heterocycles. The summed E-state index contributed by atoms with van der Waals surface area (Å²) in [4.78, 5) is 20.5. The SMILES string of the molecule is CC(=O)NC(CS)C(=O)O.[Fe]. The van der Waals surface area contributed by atoms with E-state index >= 15 is 0 Å². The minimum absolute atomic E-state index is 0. The molecule has 0 aliphatic heterocycles. The average Bonchev–Trinajstić information content (AvgIpc) is 1.81. The molecule has 1 unspecified atom stereocenters. The maximum Gasteiger partial charge on any atom is 0.327 e. The molecule has 0 aromatic rings. The molecule has 0 heterocycles. The molecule has 0 bridgehead atoms. The second-order valence-electron chi connectivity index (χ2n) is 1.77. The summed E-state index contributed by atoms with van der Waals surface area (Å²) in [5.41, 5.74) is 0. The molecule has 11 heavy (non-hydrogen) atoms. The van der Waals surface area contributed by atoms with Gasteiger partial charge in [0.15, 0.2) is 0 Å². The molecule has 0 aromatic heterocycles. The van der Waals surface area contributed by atoms with Gasteiger partial charge in [0.25, 0.3) is 0 Å². The van der Waals surface area contributed by atoms with Gasteiger partial charge in [-0.15, -0.1) is 0 Å². The van der Waals surface area contributed by atoms with Crippen LogP contribution in [0.2, 0.25) is 0 Å². The second kappa shape index (κ2) is 6.52. The summed E-state index contributed by atoms with van der Waals surface area (Å²) in [6, 6.07) is -0.874. The molecule has 0 aliphatic rings. The van der Waals surface area contributed by atoms with Gasteiger partial charge >= 0.3 is 5.97 Å². The number of rotatable bonds is 3. The fourth-order valence-electron chi connectivity index (χ4n) is 0.431. The average molecular weight is 219 g/mol. The van der Waals surface area contributed by atoms with Crippen LogP contribution in [0.1, 0.15) is 6.92 Å². The third-order valence-electron chi connectivity index (χ3n) is 0.858. The zero-order valence-electron chi connectivity index (χ0n) is 5.85. The van der Waals surface area contributed by atoms with Gasteiger partial charge in [-0.3, -0.25) is 4.79 Å². The number of hydrogen-bond acceptors (Lipinski definition) is 3. The summed E-state index contributed by atoms with van der Waals surface area (Å²) in [7, 11) is 0. The molecular formula is C5H9FeNO3S. The standard InChI is InChI=1S/C5H9NO3S.Fe/c1-3(7)6-4(2-10)5(8)9;/h4,10H,2H2,1H3,(H,6,7)(H,8,9);. The van der Waals surface area contributed by atoms with Gasteiger partial charge < -0.3 is 10.4 Å². The molecule has 0 fully saturated rings. The molecule has 4 nitrogen and oxygen atoms in total. The van der Waals surface area contributed by atoms with Crippen LogP contribution in [0.5, 0.6) is 0 Å². The van der Waals surface area contributed by atoms with Crippen LogP contribution in [0.15, 0.2) is 0 Å². The molecular weight excluding hydrogens is 210 g/mol. The van der Waals surface area contributed by atoms with Crippen molar-refractivity contribution >= 4 is 24.5 Å². The Kier molecular flexibility index (Phi) is 7.94.